The maximum Gasteiger partial charge on any atom is 0.222 e. The van der Waals surface area contributed by atoms with Gasteiger partial charge in [-0.15, -0.1) is 0 Å². The molecule has 5 heteroatoms. The lowest BCUT2D eigenvalue weighted by Crippen LogP contribution is -2.44. The predicted molar refractivity (Wildman–Crippen MR) is 80.3 cm³/mol. The van der Waals surface area contributed by atoms with Crippen molar-refractivity contribution in [2.24, 2.45) is 5.41 Å². The predicted octanol–water partition coefficient (Wildman–Crippen LogP) is 2.91. The highest BCUT2D eigenvalue weighted by molar-refractivity contribution is 5.76. The van der Waals surface area contributed by atoms with Crippen LogP contribution in [0.3, 0.4) is 0 Å². The zero-order valence-electron chi connectivity index (χ0n) is 12.9. The molecule has 0 aliphatic carbocycles. The van der Waals surface area contributed by atoms with Crippen LogP contribution in [0.25, 0.3) is 0 Å². The molecule has 1 fully saturated rings. The first-order valence-corrected chi connectivity index (χ1v) is 7.82. The maximum absolute atomic E-state index is 13.1. The minimum absolute atomic E-state index is 0.0346. The molecule has 1 aromatic rings. The van der Waals surface area contributed by atoms with Crippen LogP contribution in [0.4, 0.5) is 8.78 Å². The molecular formula is C17H23F2NO2. The molecule has 2 rings (SSSR count). The summed E-state index contributed by atoms with van der Waals surface area (Å²) in [6.45, 7) is 3.55. The largest absolute Gasteiger partial charge is 0.396 e. The summed E-state index contributed by atoms with van der Waals surface area (Å²) in [4.78, 5) is 14.0. The van der Waals surface area contributed by atoms with E-state index in [1.54, 1.807) is 0 Å². The Balaban J connectivity index is 1.84. The number of halogens is 2. The van der Waals surface area contributed by atoms with Gasteiger partial charge in [-0.25, -0.2) is 8.78 Å². The Bertz CT molecular complexity index is 519. The van der Waals surface area contributed by atoms with Crippen molar-refractivity contribution in [1.82, 2.24) is 4.90 Å². The zero-order valence-corrected chi connectivity index (χ0v) is 12.9. The van der Waals surface area contributed by atoms with Gasteiger partial charge in [-0.05, 0) is 48.8 Å². The number of rotatable bonds is 5. The van der Waals surface area contributed by atoms with Crippen LogP contribution in [-0.4, -0.2) is 35.6 Å². The van der Waals surface area contributed by atoms with Crippen molar-refractivity contribution in [2.75, 3.05) is 19.7 Å². The molecule has 0 atom stereocenters. The molecule has 0 saturated carbocycles. The molecule has 1 aromatic carbocycles. The summed E-state index contributed by atoms with van der Waals surface area (Å²) in [5.41, 5.74) is 0.583. The molecule has 22 heavy (non-hydrogen) atoms. The molecule has 1 saturated heterocycles. The van der Waals surface area contributed by atoms with Crippen molar-refractivity contribution < 1.29 is 18.7 Å². The molecule has 1 aliphatic rings. The van der Waals surface area contributed by atoms with E-state index in [4.69, 9.17) is 0 Å². The first kappa shape index (κ1) is 16.9. The van der Waals surface area contributed by atoms with Crippen LogP contribution in [0.2, 0.25) is 0 Å². The lowest BCUT2D eigenvalue weighted by molar-refractivity contribution is -0.134. The average molecular weight is 311 g/mol. The summed E-state index contributed by atoms with van der Waals surface area (Å²) >= 11 is 0. The van der Waals surface area contributed by atoms with Crippen molar-refractivity contribution in [2.45, 2.75) is 39.0 Å². The smallest absolute Gasteiger partial charge is 0.222 e. The van der Waals surface area contributed by atoms with Gasteiger partial charge in [-0.3, -0.25) is 4.79 Å². The number of benzene rings is 1. The summed E-state index contributed by atoms with van der Waals surface area (Å²) in [5, 5.41) is 9.50. The van der Waals surface area contributed by atoms with Crippen molar-refractivity contribution in [3.05, 3.63) is 35.4 Å². The number of nitrogens with zero attached hydrogens (tertiary/aromatic N) is 1. The molecule has 0 bridgehead atoms. The van der Waals surface area contributed by atoms with Gasteiger partial charge in [-0.1, -0.05) is 13.0 Å². The monoisotopic (exact) mass is 311 g/mol. The Morgan fingerprint density at radius 3 is 2.50 bits per heavy atom. The highest BCUT2D eigenvalue weighted by Crippen LogP contribution is 2.34. The second kappa shape index (κ2) is 7.18. The van der Waals surface area contributed by atoms with Gasteiger partial charge in [0, 0.05) is 26.1 Å². The minimum atomic E-state index is -0.876. The molecule has 0 aromatic heterocycles. The molecule has 0 spiro atoms. The van der Waals surface area contributed by atoms with Gasteiger partial charge in [0.1, 0.15) is 0 Å². The van der Waals surface area contributed by atoms with E-state index in [1.165, 1.54) is 6.07 Å². The molecule has 0 unspecified atom stereocenters. The van der Waals surface area contributed by atoms with E-state index in [2.05, 4.69) is 6.92 Å². The van der Waals surface area contributed by atoms with Gasteiger partial charge in [0.25, 0.3) is 0 Å². The van der Waals surface area contributed by atoms with Gasteiger partial charge in [0.15, 0.2) is 11.6 Å². The number of aryl methyl sites for hydroxylation is 1. The van der Waals surface area contributed by atoms with Gasteiger partial charge in [-0.2, -0.15) is 0 Å². The number of hydrogen-bond donors (Lipinski definition) is 1. The van der Waals surface area contributed by atoms with Crippen molar-refractivity contribution in [3.8, 4) is 0 Å². The maximum atomic E-state index is 13.1. The number of likely N-dealkylation sites (tertiary alicyclic amines) is 1. The van der Waals surface area contributed by atoms with E-state index >= 15 is 0 Å². The van der Waals surface area contributed by atoms with Crippen molar-refractivity contribution in [1.29, 1.82) is 0 Å². The molecule has 3 nitrogen and oxygen atoms in total. The van der Waals surface area contributed by atoms with E-state index in [-0.39, 0.29) is 17.9 Å². The standard InChI is InChI=1S/C17H23F2NO2/c1-2-17(12-21)7-9-20(10-8-17)16(22)6-4-13-3-5-14(18)15(19)11-13/h3,5,11,21H,2,4,6-10,12H2,1H3. The van der Waals surface area contributed by atoms with Crippen molar-refractivity contribution in [3.63, 3.8) is 0 Å². The fourth-order valence-corrected chi connectivity index (χ4v) is 2.96. The Morgan fingerprint density at radius 1 is 1.27 bits per heavy atom. The highest BCUT2D eigenvalue weighted by atomic mass is 19.2. The molecule has 1 aliphatic heterocycles. The van der Waals surface area contributed by atoms with Crippen LogP contribution in [0.1, 0.15) is 38.2 Å². The van der Waals surface area contributed by atoms with Crippen LogP contribution in [0.5, 0.6) is 0 Å². The van der Waals surface area contributed by atoms with E-state index in [0.29, 0.717) is 31.5 Å². The molecular weight excluding hydrogens is 288 g/mol. The van der Waals surface area contributed by atoms with Crippen LogP contribution in [0, 0.1) is 17.0 Å². The zero-order chi connectivity index (χ0) is 16.2. The lowest BCUT2D eigenvalue weighted by atomic mass is 9.77. The molecule has 1 heterocycles. The summed E-state index contributed by atoms with van der Waals surface area (Å²) in [5.74, 6) is -1.71. The molecule has 1 amide bonds. The van der Waals surface area contributed by atoms with Crippen molar-refractivity contribution >= 4 is 5.91 Å². The quantitative estimate of drug-likeness (QED) is 0.908. The summed E-state index contributed by atoms with van der Waals surface area (Å²) in [6, 6.07) is 3.75. The third kappa shape index (κ3) is 3.83. The fourth-order valence-electron chi connectivity index (χ4n) is 2.96. The van der Waals surface area contributed by atoms with Crippen LogP contribution in [0.15, 0.2) is 18.2 Å². The third-order valence-electron chi connectivity index (χ3n) is 4.87. The lowest BCUT2D eigenvalue weighted by Gasteiger charge is -2.40. The second-order valence-corrected chi connectivity index (χ2v) is 6.14. The van der Waals surface area contributed by atoms with Gasteiger partial charge >= 0.3 is 0 Å². The number of carbonyl (C=O) groups is 1. The molecule has 122 valence electrons. The van der Waals surface area contributed by atoms with Gasteiger partial charge in [0.2, 0.25) is 5.91 Å². The Hall–Kier alpha value is -1.49. The van der Waals surface area contributed by atoms with Crippen LogP contribution >= 0.6 is 0 Å². The van der Waals surface area contributed by atoms with Gasteiger partial charge in [0.05, 0.1) is 0 Å². The SMILES string of the molecule is CCC1(CO)CCN(C(=O)CCc2ccc(F)c(F)c2)CC1. The molecule has 0 radical (unpaired) electrons. The van der Waals surface area contributed by atoms with Gasteiger partial charge < -0.3 is 10.0 Å². The first-order valence-electron chi connectivity index (χ1n) is 7.82. The van der Waals surface area contributed by atoms with E-state index in [9.17, 15) is 18.7 Å². The topological polar surface area (TPSA) is 40.5 Å². The number of aliphatic hydroxyl groups excluding tert-OH is 1. The number of hydrogen-bond acceptors (Lipinski definition) is 2. The minimum Gasteiger partial charge on any atom is -0.396 e. The molecule has 1 N–H and O–H groups in total. The average Bonchev–Trinajstić information content (AvgIpc) is 2.55. The van der Waals surface area contributed by atoms with E-state index in [0.717, 1.165) is 31.4 Å². The van der Waals surface area contributed by atoms with Crippen LogP contribution in [-0.2, 0) is 11.2 Å². The summed E-state index contributed by atoms with van der Waals surface area (Å²) in [7, 11) is 0. The summed E-state index contributed by atoms with van der Waals surface area (Å²) < 4.78 is 26.0. The third-order valence-corrected chi connectivity index (χ3v) is 4.87. The van der Waals surface area contributed by atoms with E-state index < -0.39 is 11.6 Å². The Labute approximate surface area is 129 Å². The fraction of sp³-hybridized carbons (Fsp3) is 0.588. The van der Waals surface area contributed by atoms with E-state index in [1.807, 2.05) is 4.90 Å². The number of amides is 1. The highest BCUT2D eigenvalue weighted by Gasteiger charge is 2.33. The normalized spacial score (nSPS) is 17.5. The number of piperidine rings is 1. The Morgan fingerprint density at radius 2 is 1.95 bits per heavy atom. The number of carbonyl (C=O) groups excluding carboxylic acids is 1. The number of aliphatic hydroxyl groups is 1. The second-order valence-electron chi connectivity index (χ2n) is 6.14. The first-order chi connectivity index (χ1) is 10.5. The summed E-state index contributed by atoms with van der Waals surface area (Å²) in [6.07, 6.45) is 3.25. The van der Waals surface area contributed by atoms with Crippen LogP contribution < -0.4 is 0 Å². The Kier molecular flexibility index (Phi) is 5.51.